The van der Waals surface area contributed by atoms with Gasteiger partial charge in [0.15, 0.2) is 4.80 Å². The molecule has 0 radical (unpaired) electrons. The van der Waals surface area contributed by atoms with Crippen LogP contribution in [-0.4, -0.2) is 17.6 Å². The topological polar surface area (TPSA) is 60.7 Å². The van der Waals surface area contributed by atoms with Crippen LogP contribution in [0.5, 0.6) is 0 Å². The van der Waals surface area contributed by atoms with E-state index >= 15 is 0 Å². The fourth-order valence-electron chi connectivity index (χ4n) is 3.39. The lowest BCUT2D eigenvalue weighted by Gasteiger charge is -2.24. The highest BCUT2D eigenvalue weighted by Gasteiger charge is 2.33. The molecule has 5 nitrogen and oxygen atoms in total. The van der Waals surface area contributed by atoms with Gasteiger partial charge in [-0.05, 0) is 42.3 Å². The highest BCUT2D eigenvalue weighted by molar-refractivity contribution is 7.07. The molecule has 0 amide bonds. The van der Waals surface area contributed by atoms with Gasteiger partial charge in [-0.15, -0.1) is 0 Å². The molecule has 1 unspecified atom stereocenters. The van der Waals surface area contributed by atoms with Gasteiger partial charge in [0.1, 0.15) is 0 Å². The van der Waals surface area contributed by atoms with Gasteiger partial charge in [0.2, 0.25) is 0 Å². The normalized spacial score (nSPS) is 16.3. The standard InChI is InChI=1S/C22H16Cl2N2O3S/c1-12-18(21(28)29-2)19(13-7-9-15(23)10-8-13)26-20(27)17(30-22(26)25-12)11-14-5-3-4-6-16(14)24/h3-11,19H,1-2H3. The van der Waals surface area contributed by atoms with Crippen LogP contribution in [0.2, 0.25) is 10.0 Å². The summed E-state index contributed by atoms with van der Waals surface area (Å²) in [6.45, 7) is 1.74. The van der Waals surface area contributed by atoms with Gasteiger partial charge in [0, 0.05) is 10.0 Å². The zero-order chi connectivity index (χ0) is 21.4. The van der Waals surface area contributed by atoms with E-state index in [4.69, 9.17) is 27.9 Å². The molecule has 152 valence electrons. The first kappa shape index (κ1) is 20.6. The molecule has 2 heterocycles. The number of hydrogen-bond acceptors (Lipinski definition) is 5. The number of carbonyl (C=O) groups is 1. The average Bonchev–Trinajstić information content (AvgIpc) is 3.03. The van der Waals surface area contributed by atoms with Gasteiger partial charge >= 0.3 is 5.97 Å². The number of carbonyl (C=O) groups excluding carboxylic acids is 1. The van der Waals surface area contributed by atoms with E-state index in [1.165, 1.54) is 23.0 Å². The minimum absolute atomic E-state index is 0.257. The molecule has 1 aliphatic rings. The van der Waals surface area contributed by atoms with Gasteiger partial charge < -0.3 is 4.74 Å². The number of allylic oxidation sites excluding steroid dienone is 1. The Bertz CT molecular complexity index is 1350. The molecule has 4 rings (SSSR count). The van der Waals surface area contributed by atoms with Crippen LogP contribution < -0.4 is 14.9 Å². The number of fused-ring (bicyclic) bond motifs is 1. The molecule has 8 heteroatoms. The summed E-state index contributed by atoms with van der Waals surface area (Å²) in [5.74, 6) is -0.531. The molecule has 0 spiro atoms. The van der Waals surface area contributed by atoms with Crippen molar-refractivity contribution in [1.29, 1.82) is 0 Å². The van der Waals surface area contributed by atoms with Gasteiger partial charge in [-0.2, -0.15) is 0 Å². The maximum Gasteiger partial charge on any atom is 0.338 e. The molecule has 3 aromatic rings. The van der Waals surface area contributed by atoms with Crippen LogP contribution in [0.15, 0.2) is 69.6 Å². The Kier molecular flexibility index (Phi) is 5.64. The predicted octanol–water partition coefficient (Wildman–Crippen LogP) is 3.72. The van der Waals surface area contributed by atoms with E-state index in [2.05, 4.69) is 4.99 Å². The highest BCUT2D eigenvalue weighted by Crippen LogP contribution is 2.31. The van der Waals surface area contributed by atoms with Crippen molar-refractivity contribution in [3.8, 4) is 0 Å². The summed E-state index contributed by atoms with van der Waals surface area (Å²) in [5.41, 5.74) is 2.03. The predicted molar refractivity (Wildman–Crippen MR) is 119 cm³/mol. The first-order valence-corrected chi connectivity index (χ1v) is 10.6. The van der Waals surface area contributed by atoms with E-state index in [0.29, 0.717) is 30.6 Å². The van der Waals surface area contributed by atoms with Crippen molar-refractivity contribution in [3.05, 3.63) is 101 Å². The van der Waals surface area contributed by atoms with Crippen molar-refractivity contribution < 1.29 is 9.53 Å². The first-order chi connectivity index (χ1) is 14.4. The fourth-order valence-corrected chi connectivity index (χ4v) is 4.74. The summed E-state index contributed by atoms with van der Waals surface area (Å²) in [5, 5.41) is 1.11. The number of esters is 1. The molecule has 0 N–H and O–H groups in total. The lowest BCUT2D eigenvalue weighted by atomic mass is 9.96. The smallest absolute Gasteiger partial charge is 0.338 e. The third kappa shape index (κ3) is 3.62. The Morgan fingerprint density at radius 1 is 1.17 bits per heavy atom. The van der Waals surface area contributed by atoms with Crippen LogP contribution in [0.3, 0.4) is 0 Å². The lowest BCUT2D eigenvalue weighted by molar-refractivity contribution is -0.136. The number of hydrogen-bond donors (Lipinski definition) is 0. The van der Waals surface area contributed by atoms with Crippen LogP contribution in [0, 0.1) is 0 Å². The number of thiazole rings is 1. The zero-order valence-corrected chi connectivity index (χ0v) is 18.4. The van der Waals surface area contributed by atoms with Gasteiger partial charge in [-0.25, -0.2) is 9.79 Å². The van der Waals surface area contributed by atoms with Crippen LogP contribution in [-0.2, 0) is 9.53 Å². The molecular weight excluding hydrogens is 443 g/mol. The SMILES string of the molecule is COC(=O)C1=C(C)N=c2sc(=Cc3ccccc3Cl)c(=O)n2C1c1ccc(Cl)cc1. The number of ether oxygens (including phenoxy) is 1. The quantitative estimate of drug-likeness (QED) is 0.561. The summed E-state index contributed by atoms with van der Waals surface area (Å²) >= 11 is 13.5. The summed E-state index contributed by atoms with van der Waals surface area (Å²) in [6.07, 6.45) is 1.74. The van der Waals surface area contributed by atoms with Crippen molar-refractivity contribution in [2.75, 3.05) is 7.11 Å². The molecule has 0 saturated carbocycles. The van der Waals surface area contributed by atoms with E-state index in [-0.39, 0.29) is 5.56 Å². The Morgan fingerprint density at radius 3 is 2.53 bits per heavy atom. The number of benzene rings is 2. The van der Waals surface area contributed by atoms with E-state index < -0.39 is 12.0 Å². The minimum atomic E-state index is -0.667. The highest BCUT2D eigenvalue weighted by atomic mass is 35.5. The van der Waals surface area contributed by atoms with Crippen LogP contribution in [0.4, 0.5) is 0 Å². The molecule has 30 heavy (non-hydrogen) atoms. The van der Waals surface area contributed by atoms with Crippen molar-refractivity contribution >= 4 is 46.6 Å². The summed E-state index contributed by atoms with van der Waals surface area (Å²) in [6, 6.07) is 13.6. The Morgan fingerprint density at radius 2 is 1.87 bits per heavy atom. The van der Waals surface area contributed by atoms with Crippen molar-refractivity contribution in [1.82, 2.24) is 4.57 Å². The van der Waals surface area contributed by atoms with E-state index in [9.17, 15) is 9.59 Å². The van der Waals surface area contributed by atoms with Gasteiger partial charge in [-0.1, -0.05) is 64.9 Å². The monoisotopic (exact) mass is 458 g/mol. The van der Waals surface area contributed by atoms with Crippen LogP contribution >= 0.6 is 34.5 Å². The third-order valence-corrected chi connectivity index (χ3v) is 6.38. The second-order valence-electron chi connectivity index (χ2n) is 6.65. The molecule has 1 aliphatic heterocycles. The van der Waals surface area contributed by atoms with Crippen molar-refractivity contribution in [2.24, 2.45) is 4.99 Å². The van der Waals surface area contributed by atoms with Gasteiger partial charge in [0.25, 0.3) is 5.56 Å². The molecule has 1 atom stereocenters. The molecule has 2 aromatic carbocycles. The number of aromatic nitrogens is 1. The number of methoxy groups -OCH3 is 1. The van der Waals surface area contributed by atoms with Crippen molar-refractivity contribution in [2.45, 2.75) is 13.0 Å². The van der Waals surface area contributed by atoms with Gasteiger partial charge in [0.05, 0.1) is 29.0 Å². The van der Waals surface area contributed by atoms with E-state index in [1.54, 1.807) is 43.3 Å². The maximum absolute atomic E-state index is 13.4. The molecular formula is C22H16Cl2N2O3S. The molecule has 0 aliphatic carbocycles. The number of halogens is 2. The second-order valence-corrected chi connectivity index (χ2v) is 8.50. The van der Waals surface area contributed by atoms with E-state index in [0.717, 1.165) is 11.1 Å². The van der Waals surface area contributed by atoms with Gasteiger partial charge in [-0.3, -0.25) is 9.36 Å². The number of nitrogens with zero attached hydrogens (tertiary/aromatic N) is 2. The summed E-state index contributed by atoms with van der Waals surface area (Å²) in [7, 11) is 1.31. The average molecular weight is 459 g/mol. The summed E-state index contributed by atoms with van der Waals surface area (Å²) < 4.78 is 6.98. The lowest BCUT2D eigenvalue weighted by Crippen LogP contribution is -2.39. The minimum Gasteiger partial charge on any atom is -0.466 e. The number of rotatable bonds is 3. The largest absolute Gasteiger partial charge is 0.466 e. The Balaban J connectivity index is 1.99. The second kappa shape index (κ2) is 8.22. The summed E-state index contributed by atoms with van der Waals surface area (Å²) in [4.78, 5) is 31.0. The van der Waals surface area contributed by atoms with E-state index in [1.807, 2.05) is 18.2 Å². The van der Waals surface area contributed by atoms with Crippen molar-refractivity contribution in [3.63, 3.8) is 0 Å². The molecule has 0 bridgehead atoms. The Labute approximate surface area is 186 Å². The molecule has 1 aromatic heterocycles. The Hall–Kier alpha value is -2.67. The fraction of sp³-hybridized carbons (Fsp3) is 0.136. The maximum atomic E-state index is 13.4. The zero-order valence-electron chi connectivity index (χ0n) is 16.1. The first-order valence-electron chi connectivity index (χ1n) is 9.01. The van der Waals surface area contributed by atoms with Crippen LogP contribution in [0.1, 0.15) is 24.1 Å². The molecule has 0 saturated heterocycles. The molecule has 0 fully saturated rings. The van der Waals surface area contributed by atoms with Crippen LogP contribution in [0.25, 0.3) is 6.08 Å². The third-order valence-electron chi connectivity index (χ3n) is 4.80.